The predicted octanol–water partition coefficient (Wildman–Crippen LogP) is 2.65. The van der Waals surface area contributed by atoms with Gasteiger partial charge in [0.25, 0.3) is 5.91 Å². The average Bonchev–Trinajstić information content (AvgIpc) is 2.52. The summed E-state index contributed by atoms with van der Waals surface area (Å²) in [6, 6.07) is 0.530. The molecule has 138 valence electrons. The Balaban J connectivity index is 2.40. The highest BCUT2D eigenvalue weighted by Gasteiger charge is 2.38. The van der Waals surface area contributed by atoms with Crippen LogP contribution < -0.4 is 0 Å². The monoisotopic (exact) mass is 371 g/mol. The van der Waals surface area contributed by atoms with Gasteiger partial charge in [-0.1, -0.05) is 0 Å². The molecule has 1 aliphatic heterocycles. The summed E-state index contributed by atoms with van der Waals surface area (Å²) in [6.07, 6.45) is -11.6. The number of morpholine rings is 1. The number of carboxylic acid groups (broad SMARTS) is 1. The quantitative estimate of drug-likeness (QED) is 0.812. The van der Waals surface area contributed by atoms with Gasteiger partial charge in [-0.15, -0.1) is 0 Å². The summed E-state index contributed by atoms with van der Waals surface area (Å²) in [6.45, 7) is -0.834. The molecule has 0 aromatic heterocycles. The summed E-state index contributed by atoms with van der Waals surface area (Å²) in [5.74, 6) is -2.52. The van der Waals surface area contributed by atoms with Gasteiger partial charge < -0.3 is 14.7 Å². The van der Waals surface area contributed by atoms with Crippen LogP contribution in [0.2, 0.25) is 0 Å². The van der Waals surface area contributed by atoms with E-state index in [9.17, 15) is 35.9 Å². The van der Waals surface area contributed by atoms with Crippen LogP contribution in [-0.2, 0) is 21.9 Å². The maximum atomic E-state index is 12.8. The molecule has 1 saturated heterocycles. The zero-order valence-corrected chi connectivity index (χ0v) is 12.3. The van der Waals surface area contributed by atoms with Gasteiger partial charge >= 0.3 is 18.3 Å². The Morgan fingerprint density at radius 1 is 1.04 bits per heavy atom. The number of hydrogen-bond donors (Lipinski definition) is 1. The standard InChI is InChI=1S/C14H11F6NO4/c15-13(16,17)8-3-7(4-9(5-8)14(18,19)20)11(22)21-1-2-25-10(6-21)12(23)24/h3-5,10H,1-2,6H2,(H,23,24). The molecule has 0 aliphatic carbocycles. The van der Waals surface area contributed by atoms with E-state index in [1.54, 1.807) is 0 Å². The molecule has 0 spiro atoms. The van der Waals surface area contributed by atoms with Gasteiger partial charge in [-0.3, -0.25) is 4.79 Å². The lowest BCUT2D eigenvalue weighted by molar-refractivity contribution is -0.154. The van der Waals surface area contributed by atoms with E-state index >= 15 is 0 Å². The second kappa shape index (κ2) is 6.54. The minimum Gasteiger partial charge on any atom is -0.479 e. The molecule has 1 unspecified atom stereocenters. The van der Waals surface area contributed by atoms with Gasteiger partial charge in [-0.2, -0.15) is 26.3 Å². The lowest BCUT2D eigenvalue weighted by Gasteiger charge is -2.31. The Hall–Kier alpha value is -2.30. The highest BCUT2D eigenvalue weighted by Crippen LogP contribution is 2.36. The Bertz CT molecular complexity index is 653. The first-order chi connectivity index (χ1) is 11.4. The minimum atomic E-state index is -5.08. The molecule has 0 saturated carbocycles. The number of hydrogen-bond acceptors (Lipinski definition) is 3. The number of halogens is 6. The number of amides is 1. The lowest BCUT2D eigenvalue weighted by atomic mass is 10.0. The van der Waals surface area contributed by atoms with Crippen molar-refractivity contribution in [2.75, 3.05) is 19.7 Å². The SMILES string of the molecule is O=C(O)C1CN(C(=O)c2cc(C(F)(F)F)cc(C(F)(F)F)c2)CCO1. The van der Waals surface area contributed by atoms with E-state index in [0.717, 1.165) is 4.90 Å². The van der Waals surface area contributed by atoms with Crippen LogP contribution in [-0.4, -0.2) is 47.7 Å². The van der Waals surface area contributed by atoms with Crippen molar-refractivity contribution in [3.05, 3.63) is 34.9 Å². The number of carboxylic acids is 1. The molecular formula is C14H11F6NO4. The summed E-state index contributed by atoms with van der Waals surface area (Å²) in [5.41, 5.74) is -4.06. The van der Waals surface area contributed by atoms with Gasteiger partial charge in [0, 0.05) is 12.1 Å². The number of aliphatic carboxylic acids is 1. The largest absolute Gasteiger partial charge is 0.479 e. The van der Waals surface area contributed by atoms with E-state index in [-0.39, 0.29) is 19.2 Å². The number of nitrogens with zero attached hydrogens (tertiary/aromatic N) is 1. The van der Waals surface area contributed by atoms with Crippen molar-refractivity contribution in [2.24, 2.45) is 0 Å². The third-order valence-electron chi connectivity index (χ3n) is 3.46. The summed E-state index contributed by atoms with van der Waals surface area (Å²) in [5, 5.41) is 8.85. The first-order valence-electron chi connectivity index (χ1n) is 6.83. The smallest absolute Gasteiger partial charge is 0.416 e. The summed E-state index contributed by atoms with van der Waals surface area (Å²) < 4.78 is 81.8. The highest BCUT2D eigenvalue weighted by molar-refractivity contribution is 5.95. The third-order valence-corrected chi connectivity index (χ3v) is 3.46. The van der Waals surface area contributed by atoms with Crippen LogP contribution in [0.25, 0.3) is 0 Å². The van der Waals surface area contributed by atoms with Crippen molar-refractivity contribution in [1.82, 2.24) is 4.90 Å². The van der Waals surface area contributed by atoms with Gasteiger partial charge in [0.05, 0.1) is 24.3 Å². The fraction of sp³-hybridized carbons (Fsp3) is 0.429. The fourth-order valence-corrected chi connectivity index (χ4v) is 2.24. The van der Waals surface area contributed by atoms with E-state index in [4.69, 9.17) is 9.84 Å². The van der Waals surface area contributed by atoms with Crippen molar-refractivity contribution in [1.29, 1.82) is 0 Å². The first-order valence-corrected chi connectivity index (χ1v) is 6.83. The summed E-state index contributed by atoms with van der Waals surface area (Å²) >= 11 is 0. The summed E-state index contributed by atoms with van der Waals surface area (Å²) in [4.78, 5) is 24.0. The second-order valence-electron chi connectivity index (χ2n) is 5.24. The number of rotatable bonds is 2. The zero-order chi connectivity index (χ0) is 19.0. The minimum absolute atomic E-state index is 0.0872. The van der Waals surface area contributed by atoms with Crippen LogP contribution >= 0.6 is 0 Å². The van der Waals surface area contributed by atoms with E-state index in [1.165, 1.54) is 0 Å². The van der Waals surface area contributed by atoms with E-state index in [1.807, 2.05) is 0 Å². The first kappa shape index (κ1) is 19.0. The van der Waals surface area contributed by atoms with Gasteiger partial charge in [0.2, 0.25) is 0 Å². The highest BCUT2D eigenvalue weighted by atomic mass is 19.4. The zero-order valence-electron chi connectivity index (χ0n) is 12.3. The number of carbonyl (C=O) groups excluding carboxylic acids is 1. The molecule has 1 amide bonds. The predicted molar refractivity (Wildman–Crippen MR) is 69.7 cm³/mol. The van der Waals surface area contributed by atoms with E-state index in [2.05, 4.69) is 0 Å². The van der Waals surface area contributed by atoms with Crippen LogP contribution in [0, 0.1) is 0 Å². The number of benzene rings is 1. The molecule has 1 aromatic rings. The molecule has 25 heavy (non-hydrogen) atoms. The maximum Gasteiger partial charge on any atom is 0.416 e. The maximum absolute atomic E-state index is 12.8. The van der Waals surface area contributed by atoms with E-state index in [0.29, 0.717) is 12.1 Å². The van der Waals surface area contributed by atoms with Crippen LogP contribution in [0.15, 0.2) is 18.2 Å². The Labute approximate surface area is 136 Å². The third kappa shape index (κ3) is 4.41. The summed E-state index contributed by atoms with van der Waals surface area (Å²) in [7, 11) is 0. The van der Waals surface area contributed by atoms with E-state index < -0.39 is 53.6 Å². The van der Waals surface area contributed by atoms with Crippen molar-refractivity contribution in [2.45, 2.75) is 18.5 Å². The molecule has 1 heterocycles. The van der Waals surface area contributed by atoms with Crippen LogP contribution in [0.4, 0.5) is 26.3 Å². The van der Waals surface area contributed by atoms with Gasteiger partial charge in [0.15, 0.2) is 6.10 Å². The molecule has 1 N–H and O–H groups in total. The van der Waals surface area contributed by atoms with Crippen LogP contribution in [0.3, 0.4) is 0 Å². The number of alkyl halides is 6. The van der Waals surface area contributed by atoms with Gasteiger partial charge in [-0.25, -0.2) is 4.79 Å². The van der Waals surface area contributed by atoms with Crippen LogP contribution in [0.1, 0.15) is 21.5 Å². The topological polar surface area (TPSA) is 66.8 Å². The van der Waals surface area contributed by atoms with Gasteiger partial charge in [0.1, 0.15) is 0 Å². The number of carbonyl (C=O) groups is 2. The molecule has 1 aliphatic rings. The second-order valence-corrected chi connectivity index (χ2v) is 5.24. The average molecular weight is 371 g/mol. The Morgan fingerprint density at radius 3 is 2.00 bits per heavy atom. The van der Waals surface area contributed by atoms with Crippen molar-refractivity contribution >= 4 is 11.9 Å². The normalized spacial score (nSPS) is 19.0. The molecule has 0 bridgehead atoms. The molecule has 1 atom stereocenters. The van der Waals surface area contributed by atoms with Crippen LogP contribution in [0.5, 0.6) is 0 Å². The fourth-order valence-electron chi connectivity index (χ4n) is 2.24. The Kier molecular flexibility index (Phi) is 4.98. The molecule has 11 heteroatoms. The lowest BCUT2D eigenvalue weighted by Crippen LogP contribution is -2.48. The van der Waals surface area contributed by atoms with Crippen molar-refractivity contribution < 1.29 is 45.8 Å². The molecular weight excluding hydrogens is 360 g/mol. The van der Waals surface area contributed by atoms with Crippen molar-refractivity contribution in [3.63, 3.8) is 0 Å². The molecule has 2 rings (SSSR count). The number of ether oxygens (including phenoxy) is 1. The molecule has 5 nitrogen and oxygen atoms in total. The molecule has 1 fully saturated rings. The Morgan fingerprint density at radius 2 is 1.56 bits per heavy atom. The molecule has 0 radical (unpaired) electrons. The van der Waals surface area contributed by atoms with Crippen molar-refractivity contribution in [3.8, 4) is 0 Å². The molecule has 1 aromatic carbocycles. The van der Waals surface area contributed by atoms with Gasteiger partial charge in [-0.05, 0) is 18.2 Å².